The topological polar surface area (TPSA) is 64.0 Å². The Hall–Kier alpha value is -1.37. The van der Waals surface area contributed by atoms with Crippen molar-refractivity contribution < 1.29 is 8.42 Å². The molecule has 0 unspecified atom stereocenters. The molecule has 1 aromatic heterocycles. The molecule has 7 heteroatoms. The van der Waals surface area contributed by atoms with Gasteiger partial charge in [0, 0.05) is 26.4 Å². The molecule has 2 rings (SSSR count). The van der Waals surface area contributed by atoms with Crippen LogP contribution in [-0.4, -0.2) is 24.5 Å². The van der Waals surface area contributed by atoms with Gasteiger partial charge in [0.15, 0.2) is 9.84 Å². The van der Waals surface area contributed by atoms with E-state index in [0.717, 1.165) is 22.5 Å². The first kappa shape index (κ1) is 17.0. The molecule has 0 radical (unpaired) electrons. The van der Waals surface area contributed by atoms with Crippen molar-refractivity contribution in [1.82, 2.24) is 15.1 Å². The largest absolute Gasteiger partial charge is 0.307 e. The van der Waals surface area contributed by atoms with Gasteiger partial charge < -0.3 is 5.32 Å². The zero-order valence-electron chi connectivity index (χ0n) is 13.1. The van der Waals surface area contributed by atoms with E-state index in [9.17, 15) is 8.42 Å². The van der Waals surface area contributed by atoms with Crippen LogP contribution in [-0.2, 0) is 30.0 Å². The molecular formula is C15H20ClN3O2S. The van der Waals surface area contributed by atoms with Crippen LogP contribution in [0.3, 0.4) is 0 Å². The molecule has 0 aliphatic heterocycles. The molecule has 5 nitrogen and oxygen atoms in total. The van der Waals surface area contributed by atoms with Crippen LogP contribution >= 0.6 is 11.6 Å². The zero-order chi connectivity index (χ0) is 16.5. The predicted molar refractivity (Wildman–Crippen MR) is 87.8 cm³/mol. The molecule has 0 aliphatic carbocycles. The van der Waals surface area contributed by atoms with Gasteiger partial charge in [-0.1, -0.05) is 23.7 Å². The van der Waals surface area contributed by atoms with Crippen LogP contribution in [0, 0.1) is 13.8 Å². The average molecular weight is 342 g/mol. The second-order valence-corrected chi connectivity index (χ2v) is 7.81. The van der Waals surface area contributed by atoms with E-state index in [1.165, 1.54) is 6.26 Å². The first-order valence-electron chi connectivity index (χ1n) is 6.88. The number of sulfone groups is 1. The van der Waals surface area contributed by atoms with Crippen LogP contribution in [0.5, 0.6) is 0 Å². The second kappa shape index (κ2) is 6.40. The van der Waals surface area contributed by atoms with Gasteiger partial charge in [0.1, 0.15) is 0 Å². The maximum atomic E-state index is 11.7. The smallest absolute Gasteiger partial charge is 0.175 e. The summed E-state index contributed by atoms with van der Waals surface area (Å²) in [6, 6.07) is 5.45. The highest BCUT2D eigenvalue weighted by Crippen LogP contribution is 2.20. The molecule has 0 atom stereocenters. The van der Waals surface area contributed by atoms with Gasteiger partial charge in [-0.05, 0) is 31.0 Å². The maximum Gasteiger partial charge on any atom is 0.175 e. The fourth-order valence-electron chi connectivity index (χ4n) is 2.24. The summed E-state index contributed by atoms with van der Waals surface area (Å²) in [5.41, 5.74) is 3.38. The van der Waals surface area contributed by atoms with Crippen LogP contribution in [0.15, 0.2) is 23.1 Å². The van der Waals surface area contributed by atoms with E-state index < -0.39 is 9.84 Å². The summed E-state index contributed by atoms with van der Waals surface area (Å²) < 4.78 is 25.2. The molecule has 0 saturated heterocycles. The highest BCUT2D eigenvalue weighted by Gasteiger charge is 2.12. The molecule has 0 amide bonds. The van der Waals surface area contributed by atoms with E-state index in [4.69, 9.17) is 11.6 Å². The summed E-state index contributed by atoms with van der Waals surface area (Å²) in [6.45, 7) is 4.79. The van der Waals surface area contributed by atoms with Gasteiger partial charge in [-0.3, -0.25) is 4.68 Å². The lowest BCUT2D eigenvalue weighted by molar-refractivity contribution is 0.600. The van der Waals surface area contributed by atoms with E-state index in [0.29, 0.717) is 23.0 Å². The molecule has 22 heavy (non-hydrogen) atoms. The molecule has 0 aliphatic rings. The van der Waals surface area contributed by atoms with Crippen molar-refractivity contribution in [1.29, 1.82) is 0 Å². The Morgan fingerprint density at radius 2 is 1.95 bits per heavy atom. The molecule has 0 fully saturated rings. The van der Waals surface area contributed by atoms with Crippen molar-refractivity contribution in [2.45, 2.75) is 31.8 Å². The number of aromatic nitrogens is 2. The summed E-state index contributed by atoms with van der Waals surface area (Å²) in [5.74, 6) is 0. The molecule has 1 N–H and O–H groups in total. The van der Waals surface area contributed by atoms with Crippen LogP contribution in [0.1, 0.15) is 22.5 Å². The number of hydrogen-bond acceptors (Lipinski definition) is 4. The van der Waals surface area contributed by atoms with Crippen molar-refractivity contribution >= 4 is 21.4 Å². The molecule has 2 aromatic rings. The maximum absolute atomic E-state index is 11.7. The average Bonchev–Trinajstić information content (AvgIpc) is 2.67. The molecule has 0 spiro atoms. The minimum absolute atomic E-state index is 0.374. The molecule has 1 heterocycles. The highest BCUT2D eigenvalue weighted by atomic mass is 35.5. The van der Waals surface area contributed by atoms with Crippen molar-refractivity contribution in [2.75, 3.05) is 6.26 Å². The summed E-state index contributed by atoms with van der Waals surface area (Å²) >= 11 is 6.20. The Bertz CT molecular complexity index is 797. The van der Waals surface area contributed by atoms with Gasteiger partial charge in [-0.2, -0.15) is 5.10 Å². The Morgan fingerprint density at radius 3 is 2.50 bits per heavy atom. The fourth-order valence-corrected chi connectivity index (χ4v) is 3.49. The van der Waals surface area contributed by atoms with Gasteiger partial charge in [0.2, 0.25) is 0 Å². The number of nitrogens with one attached hydrogen (secondary N) is 1. The van der Waals surface area contributed by atoms with Crippen LogP contribution in [0.2, 0.25) is 5.02 Å². The first-order valence-corrected chi connectivity index (χ1v) is 9.15. The number of benzene rings is 1. The molecular weight excluding hydrogens is 322 g/mol. The van der Waals surface area contributed by atoms with Gasteiger partial charge in [-0.15, -0.1) is 0 Å². The standard InChI is InChI=1S/C15H20ClN3O2S/c1-10-5-6-12(7-14(10)22(4,20)21)8-17-9-13-15(16)11(2)19(3)18-13/h5-7,17H,8-9H2,1-4H3. The fraction of sp³-hybridized carbons (Fsp3) is 0.400. The van der Waals surface area contributed by atoms with Crippen molar-refractivity contribution in [3.63, 3.8) is 0 Å². The quantitative estimate of drug-likeness (QED) is 0.907. The van der Waals surface area contributed by atoms with E-state index in [2.05, 4.69) is 10.4 Å². The number of hydrogen-bond donors (Lipinski definition) is 1. The predicted octanol–water partition coefficient (Wildman–Crippen LogP) is 2.38. The number of aryl methyl sites for hydroxylation is 2. The minimum atomic E-state index is -3.21. The van der Waals surface area contributed by atoms with Crippen molar-refractivity contribution in [3.05, 3.63) is 45.7 Å². The Kier molecular flexibility index (Phi) is 4.94. The van der Waals surface area contributed by atoms with Crippen molar-refractivity contribution in [3.8, 4) is 0 Å². The normalized spacial score (nSPS) is 11.9. The van der Waals surface area contributed by atoms with Crippen LogP contribution in [0.4, 0.5) is 0 Å². The lowest BCUT2D eigenvalue weighted by Crippen LogP contribution is -2.14. The lowest BCUT2D eigenvalue weighted by atomic mass is 10.1. The Morgan fingerprint density at radius 1 is 1.27 bits per heavy atom. The van der Waals surface area contributed by atoms with Crippen LogP contribution < -0.4 is 5.32 Å². The SMILES string of the molecule is Cc1ccc(CNCc2nn(C)c(C)c2Cl)cc1S(C)(=O)=O. The zero-order valence-corrected chi connectivity index (χ0v) is 14.7. The first-order chi connectivity index (χ1) is 10.2. The Balaban J connectivity index is 2.08. The monoisotopic (exact) mass is 341 g/mol. The summed E-state index contributed by atoms with van der Waals surface area (Å²) in [5, 5.41) is 8.24. The van der Waals surface area contributed by atoms with E-state index >= 15 is 0 Å². The van der Waals surface area contributed by atoms with Gasteiger partial charge in [-0.25, -0.2) is 8.42 Å². The third kappa shape index (κ3) is 3.69. The summed E-state index contributed by atoms with van der Waals surface area (Å²) in [7, 11) is -1.36. The Labute approximate surface area is 136 Å². The summed E-state index contributed by atoms with van der Waals surface area (Å²) in [4.78, 5) is 0.374. The molecule has 120 valence electrons. The number of halogens is 1. The van der Waals surface area contributed by atoms with Gasteiger partial charge >= 0.3 is 0 Å². The van der Waals surface area contributed by atoms with Gasteiger partial charge in [0.05, 0.1) is 21.3 Å². The highest BCUT2D eigenvalue weighted by molar-refractivity contribution is 7.90. The van der Waals surface area contributed by atoms with Gasteiger partial charge in [0.25, 0.3) is 0 Å². The third-order valence-corrected chi connectivity index (χ3v) is 5.33. The molecule has 1 aromatic carbocycles. The number of nitrogens with zero attached hydrogens (tertiary/aromatic N) is 2. The molecule has 0 saturated carbocycles. The number of rotatable bonds is 5. The third-order valence-electron chi connectivity index (χ3n) is 3.60. The minimum Gasteiger partial charge on any atom is -0.307 e. The van der Waals surface area contributed by atoms with Crippen LogP contribution in [0.25, 0.3) is 0 Å². The second-order valence-electron chi connectivity index (χ2n) is 5.45. The van der Waals surface area contributed by atoms with Crippen molar-refractivity contribution in [2.24, 2.45) is 7.05 Å². The lowest BCUT2D eigenvalue weighted by Gasteiger charge is -2.08. The van der Waals surface area contributed by atoms with E-state index in [1.807, 2.05) is 26.1 Å². The van der Waals surface area contributed by atoms with E-state index in [-0.39, 0.29) is 0 Å². The van der Waals surface area contributed by atoms with E-state index in [1.54, 1.807) is 17.7 Å². The summed E-state index contributed by atoms with van der Waals surface area (Å²) in [6.07, 6.45) is 1.23. The molecule has 0 bridgehead atoms.